The van der Waals surface area contributed by atoms with Crippen LogP contribution in [0.4, 0.5) is 13.2 Å². The summed E-state index contributed by atoms with van der Waals surface area (Å²) in [6.45, 7) is 1.24. The first-order chi connectivity index (χ1) is 9.70. The maximum atomic E-state index is 12.7. The highest BCUT2D eigenvalue weighted by Gasteiger charge is 2.34. The second kappa shape index (κ2) is 5.75. The van der Waals surface area contributed by atoms with Crippen LogP contribution in [0.3, 0.4) is 0 Å². The standard InChI is InChI=1S/C15H12BrF3O2/c1-8(20)12(14(21)9-2-3-9)7-10-6-11(15(17,18)19)4-5-13(10)16/h4-7,9H,2-3H2,1H3. The fraction of sp³-hybridized carbons (Fsp3) is 0.333. The highest BCUT2D eigenvalue weighted by atomic mass is 79.9. The Morgan fingerprint density at radius 1 is 1.29 bits per heavy atom. The Morgan fingerprint density at radius 2 is 1.90 bits per heavy atom. The van der Waals surface area contributed by atoms with E-state index in [4.69, 9.17) is 0 Å². The fourth-order valence-corrected chi connectivity index (χ4v) is 2.26. The van der Waals surface area contributed by atoms with E-state index in [9.17, 15) is 22.8 Å². The summed E-state index contributed by atoms with van der Waals surface area (Å²) >= 11 is 3.14. The molecule has 1 fully saturated rings. The van der Waals surface area contributed by atoms with Gasteiger partial charge in [0.25, 0.3) is 0 Å². The van der Waals surface area contributed by atoms with Gasteiger partial charge in [0.05, 0.1) is 11.1 Å². The molecule has 0 aromatic heterocycles. The van der Waals surface area contributed by atoms with Gasteiger partial charge in [-0.15, -0.1) is 0 Å². The molecule has 0 aliphatic heterocycles. The van der Waals surface area contributed by atoms with Crippen molar-refractivity contribution >= 4 is 33.6 Å². The topological polar surface area (TPSA) is 34.1 Å². The first-order valence-electron chi connectivity index (χ1n) is 6.33. The number of carbonyl (C=O) groups is 2. The smallest absolute Gasteiger partial charge is 0.294 e. The van der Waals surface area contributed by atoms with Crippen LogP contribution in [0.15, 0.2) is 28.2 Å². The quantitative estimate of drug-likeness (QED) is 0.452. The molecule has 0 atom stereocenters. The molecule has 0 bridgehead atoms. The Balaban J connectivity index is 2.45. The Kier molecular flexibility index (Phi) is 4.37. The molecule has 2 nitrogen and oxygen atoms in total. The Hall–Kier alpha value is -1.43. The van der Waals surface area contributed by atoms with Gasteiger partial charge in [-0.2, -0.15) is 13.2 Å². The van der Waals surface area contributed by atoms with Crippen molar-refractivity contribution < 1.29 is 22.8 Å². The minimum absolute atomic E-state index is 0.0440. The first kappa shape index (κ1) is 15.9. The van der Waals surface area contributed by atoms with Gasteiger partial charge in [-0.05, 0) is 49.6 Å². The zero-order chi connectivity index (χ0) is 15.8. The van der Waals surface area contributed by atoms with E-state index >= 15 is 0 Å². The molecule has 6 heteroatoms. The van der Waals surface area contributed by atoms with Crippen LogP contribution in [0, 0.1) is 5.92 Å². The van der Waals surface area contributed by atoms with Crippen LogP contribution in [0.1, 0.15) is 30.9 Å². The number of ketones is 2. The van der Waals surface area contributed by atoms with Gasteiger partial charge < -0.3 is 0 Å². The maximum Gasteiger partial charge on any atom is 0.416 e. The molecule has 0 saturated heterocycles. The van der Waals surface area contributed by atoms with E-state index in [0.29, 0.717) is 4.47 Å². The van der Waals surface area contributed by atoms with E-state index in [1.54, 1.807) is 0 Å². The van der Waals surface area contributed by atoms with E-state index in [1.165, 1.54) is 19.1 Å². The van der Waals surface area contributed by atoms with Crippen LogP contribution in [0.2, 0.25) is 0 Å². The predicted molar refractivity (Wildman–Crippen MR) is 75.5 cm³/mol. The summed E-state index contributed by atoms with van der Waals surface area (Å²) in [4.78, 5) is 23.6. The van der Waals surface area contributed by atoms with Gasteiger partial charge in [0.1, 0.15) is 0 Å². The molecule has 0 amide bonds. The number of alkyl halides is 3. The molecule has 1 aromatic carbocycles. The summed E-state index contributed by atoms with van der Waals surface area (Å²) in [7, 11) is 0. The average molecular weight is 361 g/mol. The van der Waals surface area contributed by atoms with Gasteiger partial charge in [0.15, 0.2) is 11.6 Å². The lowest BCUT2D eigenvalue weighted by atomic mass is 10.00. The van der Waals surface area contributed by atoms with Crippen LogP contribution in [-0.4, -0.2) is 11.6 Å². The van der Waals surface area contributed by atoms with Crippen molar-refractivity contribution in [2.75, 3.05) is 0 Å². The van der Waals surface area contributed by atoms with E-state index in [1.807, 2.05) is 0 Å². The molecule has 0 unspecified atom stereocenters. The van der Waals surface area contributed by atoms with Crippen molar-refractivity contribution in [1.82, 2.24) is 0 Å². The normalized spacial score (nSPS) is 16.0. The Morgan fingerprint density at radius 3 is 2.38 bits per heavy atom. The number of hydrogen-bond acceptors (Lipinski definition) is 2. The number of carbonyl (C=O) groups excluding carboxylic acids is 2. The van der Waals surface area contributed by atoms with Gasteiger partial charge in [0.2, 0.25) is 0 Å². The summed E-state index contributed by atoms with van der Waals surface area (Å²) in [5.74, 6) is -0.882. The summed E-state index contributed by atoms with van der Waals surface area (Å²) in [5.41, 5.74) is -0.694. The van der Waals surface area contributed by atoms with E-state index < -0.39 is 17.5 Å². The molecule has 1 aliphatic rings. The molecule has 0 N–H and O–H groups in total. The Bertz CT molecular complexity index is 628. The van der Waals surface area contributed by atoms with Crippen LogP contribution >= 0.6 is 15.9 Å². The number of halogens is 4. The second-order valence-electron chi connectivity index (χ2n) is 4.99. The molecule has 0 spiro atoms. The largest absolute Gasteiger partial charge is 0.416 e. The van der Waals surface area contributed by atoms with E-state index in [2.05, 4.69) is 15.9 Å². The van der Waals surface area contributed by atoms with Crippen LogP contribution < -0.4 is 0 Å². The number of allylic oxidation sites excluding steroid dienone is 1. The third-order valence-corrected chi connectivity index (χ3v) is 3.94. The number of hydrogen-bond donors (Lipinski definition) is 0. The average Bonchev–Trinajstić information content (AvgIpc) is 3.19. The third-order valence-electron chi connectivity index (χ3n) is 3.22. The number of benzene rings is 1. The molecule has 0 radical (unpaired) electrons. The van der Waals surface area contributed by atoms with Crippen molar-refractivity contribution in [2.45, 2.75) is 25.9 Å². The zero-order valence-electron chi connectivity index (χ0n) is 11.1. The second-order valence-corrected chi connectivity index (χ2v) is 5.84. The third kappa shape index (κ3) is 3.81. The molecule has 112 valence electrons. The molecule has 1 aromatic rings. The Labute approximate surface area is 128 Å². The summed E-state index contributed by atoms with van der Waals surface area (Å²) in [6.07, 6.45) is -1.77. The van der Waals surface area contributed by atoms with Gasteiger partial charge in [-0.25, -0.2) is 0 Å². The van der Waals surface area contributed by atoms with Gasteiger partial charge in [-0.3, -0.25) is 9.59 Å². The molecule has 2 rings (SSSR count). The SMILES string of the molecule is CC(=O)C(=Cc1cc(C(F)(F)F)ccc1Br)C(=O)C1CC1. The summed E-state index contributed by atoms with van der Waals surface area (Å²) < 4.78 is 38.6. The highest BCUT2D eigenvalue weighted by molar-refractivity contribution is 9.10. The first-order valence-corrected chi connectivity index (χ1v) is 7.13. The molecule has 0 heterocycles. The number of Topliss-reactive ketones (excluding diaryl/α,β-unsaturated/α-hetero) is 2. The van der Waals surface area contributed by atoms with Crippen LogP contribution in [0.25, 0.3) is 6.08 Å². The van der Waals surface area contributed by atoms with Gasteiger partial charge in [-0.1, -0.05) is 15.9 Å². The van der Waals surface area contributed by atoms with Crippen molar-refractivity contribution in [1.29, 1.82) is 0 Å². The molecule has 21 heavy (non-hydrogen) atoms. The van der Waals surface area contributed by atoms with Crippen molar-refractivity contribution in [3.8, 4) is 0 Å². The van der Waals surface area contributed by atoms with Crippen molar-refractivity contribution in [2.24, 2.45) is 5.92 Å². The molecular weight excluding hydrogens is 349 g/mol. The van der Waals surface area contributed by atoms with Crippen molar-refractivity contribution in [3.05, 3.63) is 39.4 Å². The maximum absolute atomic E-state index is 12.7. The van der Waals surface area contributed by atoms with Crippen LogP contribution in [-0.2, 0) is 15.8 Å². The number of rotatable bonds is 4. The summed E-state index contributed by atoms with van der Waals surface area (Å²) in [5, 5.41) is 0. The monoisotopic (exact) mass is 360 g/mol. The van der Waals surface area contributed by atoms with Gasteiger partial charge in [0, 0.05) is 10.4 Å². The minimum atomic E-state index is -4.47. The van der Waals surface area contributed by atoms with Gasteiger partial charge >= 0.3 is 6.18 Å². The lowest BCUT2D eigenvalue weighted by Crippen LogP contribution is -2.12. The summed E-state index contributed by atoms with van der Waals surface area (Å²) in [6, 6.07) is 3.12. The van der Waals surface area contributed by atoms with Crippen molar-refractivity contribution in [3.63, 3.8) is 0 Å². The predicted octanol–water partition coefficient (Wildman–Crippen LogP) is 4.42. The fourth-order valence-electron chi connectivity index (χ4n) is 1.90. The lowest BCUT2D eigenvalue weighted by molar-refractivity contribution is -0.137. The van der Waals surface area contributed by atoms with E-state index in [0.717, 1.165) is 25.0 Å². The zero-order valence-corrected chi connectivity index (χ0v) is 12.7. The highest BCUT2D eigenvalue weighted by Crippen LogP contribution is 2.35. The lowest BCUT2D eigenvalue weighted by Gasteiger charge is -2.09. The molecular formula is C15H12BrF3O2. The van der Waals surface area contributed by atoms with E-state index in [-0.39, 0.29) is 22.8 Å². The molecule has 1 saturated carbocycles. The van der Waals surface area contributed by atoms with Crippen LogP contribution in [0.5, 0.6) is 0 Å². The minimum Gasteiger partial charge on any atom is -0.294 e. The molecule has 1 aliphatic carbocycles.